The molecular weight excluding hydrogens is 484 g/mol. The summed E-state index contributed by atoms with van der Waals surface area (Å²) in [4.78, 5) is 30.4. The van der Waals surface area contributed by atoms with E-state index in [1.54, 1.807) is 29.2 Å². The molecule has 2 aromatic carbocycles. The average Bonchev–Trinajstić information content (AvgIpc) is 3.20. The molecule has 0 bridgehead atoms. The number of Topliss-reactive ketones (excluding diaryl/α,β-unsaturated/α-hetero) is 1. The van der Waals surface area contributed by atoms with Gasteiger partial charge < -0.3 is 24.2 Å². The van der Waals surface area contributed by atoms with Crippen molar-refractivity contribution < 1.29 is 28.9 Å². The predicted octanol–water partition coefficient (Wildman–Crippen LogP) is 4.41. The Labute approximate surface area is 224 Å². The first-order chi connectivity index (χ1) is 18.5. The minimum atomic E-state index is -0.697. The lowest BCUT2D eigenvalue weighted by Gasteiger charge is -2.31. The molecule has 204 valence electrons. The molecule has 0 aromatic heterocycles. The Hall–Kier alpha value is -3.36. The van der Waals surface area contributed by atoms with Crippen LogP contribution in [0.5, 0.6) is 11.5 Å². The third-order valence-electron chi connectivity index (χ3n) is 6.95. The summed E-state index contributed by atoms with van der Waals surface area (Å²) in [5.41, 5.74) is 1.30. The Morgan fingerprint density at radius 3 is 2.24 bits per heavy atom. The molecule has 38 heavy (non-hydrogen) atoms. The van der Waals surface area contributed by atoms with Crippen LogP contribution >= 0.6 is 0 Å². The first kappa shape index (κ1) is 27.7. The molecule has 4 rings (SSSR count). The predicted molar refractivity (Wildman–Crippen MR) is 145 cm³/mol. The number of morpholine rings is 1. The number of benzene rings is 2. The SMILES string of the molecule is CCCCCOc1ccc(C2/C(=C(\O)c3ccc(OCC)cc3)C(=O)C(=O)N2CCN2CCOCC2)cc1. The number of nitrogens with zero attached hydrogens (tertiary/aromatic N) is 2. The van der Waals surface area contributed by atoms with Crippen LogP contribution in [-0.4, -0.2) is 79.2 Å². The van der Waals surface area contributed by atoms with Gasteiger partial charge in [-0.25, -0.2) is 0 Å². The van der Waals surface area contributed by atoms with Gasteiger partial charge in [0.05, 0.1) is 38.0 Å². The second kappa shape index (κ2) is 13.4. The van der Waals surface area contributed by atoms with E-state index < -0.39 is 17.7 Å². The van der Waals surface area contributed by atoms with Crippen LogP contribution in [0.15, 0.2) is 54.1 Å². The molecule has 1 unspecified atom stereocenters. The van der Waals surface area contributed by atoms with Crippen molar-refractivity contribution in [3.63, 3.8) is 0 Å². The summed E-state index contributed by atoms with van der Waals surface area (Å²) in [6.45, 7) is 9.07. The van der Waals surface area contributed by atoms with Crippen LogP contribution < -0.4 is 9.47 Å². The topological polar surface area (TPSA) is 88.5 Å². The van der Waals surface area contributed by atoms with Crippen molar-refractivity contribution in [2.75, 3.05) is 52.6 Å². The molecule has 1 N–H and O–H groups in total. The fourth-order valence-electron chi connectivity index (χ4n) is 4.85. The van der Waals surface area contributed by atoms with E-state index in [4.69, 9.17) is 14.2 Å². The Balaban J connectivity index is 1.64. The Morgan fingerprint density at radius 1 is 0.921 bits per heavy atom. The number of ether oxygens (including phenoxy) is 3. The molecular formula is C30H38N2O6. The van der Waals surface area contributed by atoms with E-state index in [9.17, 15) is 14.7 Å². The van der Waals surface area contributed by atoms with Gasteiger partial charge in [-0.3, -0.25) is 14.5 Å². The minimum absolute atomic E-state index is 0.0951. The zero-order valence-corrected chi connectivity index (χ0v) is 22.4. The molecule has 2 saturated heterocycles. The molecule has 0 radical (unpaired) electrons. The zero-order valence-electron chi connectivity index (χ0n) is 22.4. The van der Waals surface area contributed by atoms with Crippen LogP contribution in [0, 0.1) is 0 Å². The Bertz CT molecular complexity index is 1110. The maximum atomic E-state index is 13.3. The van der Waals surface area contributed by atoms with E-state index in [-0.39, 0.29) is 11.3 Å². The van der Waals surface area contributed by atoms with Crippen molar-refractivity contribution in [1.29, 1.82) is 0 Å². The van der Waals surface area contributed by atoms with E-state index in [0.717, 1.165) is 43.7 Å². The fourth-order valence-corrected chi connectivity index (χ4v) is 4.85. The number of ketones is 1. The molecule has 2 fully saturated rings. The molecule has 1 amide bonds. The van der Waals surface area contributed by atoms with Crippen molar-refractivity contribution in [2.24, 2.45) is 0 Å². The molecule has 2 heterocycles. The molecule has 8 heteroatoms. The summed E-state index contributed by atoms with van der Waals surface area (Å²) in [5, 5.41) is 11.3. The van der Waals surface area contributed by atoms with Crippen LogP contribution in [-0.2, 0) is 14.3 Å². The minimum Gasteiger partial charge on any atom is -0.507 e. The summed E-state index contributed by atoms with van der Waals surface area (Å²) in [5.74, 6) is -0.0632. The van der Waals surface area contributed by atoms with Crippen molar-refractivity contribution in [2.45, 2.75) is 39.2 Å². The molecule has 0 aliphatic carbocycles. The normalized spacial score (nSPS) is 19.6. The quantitative estimate of drug-likeness (QED) is 0.191. The number of amides is 1. The second-order valence-electron chi connectivity index (χ2n) is 9.53. The number of aliphatic hydroxyl groups excluding tert-OH is 1. The molecule has 2 aliphatic rings. The standard InChI is InChI=1S/C30H38N2O6/c1-3-5-6-19-38-25-11-7-22(8-12-25)27-26(28(33)23-9-13-24(14-10-23)37-4-2)29(34)30(35)32(27)16-15-31-17-20-36-21-18-31/h7-14,27,33H,3-6,15-21H2,1-2H3/b28-26+. The molecule has 0 spiro atoms. The van der Waals surface area contributed by atoms with Gasteiger partial charge in [0.25, 0.3) is 11.7 Å². The highest BCUT2D eigenvalue weighted by molar-refractivity contribution is 6.46. The van der Waals surface area contributed by atoms with Gasteiger partial charge in [-0.1, -0.05) is 31.9 Å². The summed E-state index contributed by atoms with van der Waals surface area (Å²) in [7, 11) is 0. The first-order valence-electron chi connectivity index (χ1n) is 13.6. The van der Waals surface area contributed by atoms with Gasteiger partial charge in [-0.2, -0.15) is 0 Å². The Kier molecular flexibility index (Phi) is 9.79. The first-order valence-corrected chi connectivity index (χ1v) is 13.6. The van der Waals surface area contributed by atoms with E-state index in [0.29, 0.717) is 50.8 Å². The van der Waals surface area contributed by atoms with Gasteiger partial charge >= 0.3 is 0 Å². The second-order valence-corrected chi connectivity index (χ2v) is 9.53. The number of carbonyl (C=O) groups excluding carboxylic acids is 2. The van der Waals surface area contributed by atoms with Crippen LogP contribution in [0.25, 0.3) is 5.76 Å². The van der Waals surface area contributed by atoms with Crippen molar-refractivity contribution in [1.82, 2.24) is 9.80 Å². The number of rotatable bonds is 12. The van der Waals surface area contributed by atoms with Crippen LogP contribution in [0.3, 0.4) is 0 Å². The van der Waals surface area contributed by atoms with E-state index in [2.05, 4.69) is 11.8 Å². The fraction of sp³-hybridized carbons (Fsp3) is 0.467. The lowest BCUT2D eigenvalue weighted by Crippen LogP contribution is -2.42. The number of hydrogen-bond donors (Lipinski definition) is 1. The molecule has 1 atom stereocenters. The highest BCUT2D eigenvalue weighted by Gasteiger charge is 2.46. The molecule has 8 nitrogen and oxygen atoms in total. The van der Waals surface area contributed by atoms with E-state index >= 15 is 0 Å². The largest absolute Gasteiger partial charge is 0.507 e. The van der Waals surface area contributed by atoms with Crippen molar-refractivity contribution in [3.05, 3.63) is 65.2 Å². The number of hydrogen-bond acceptors (Lipinski definition) is 7. The lowest BCUT2D eigenvalue weighted by atomic mass is 9.95. The highest BCUT2D eigenvalue weighted by atomic mass is 16.5. The monoisotopic (exact) mass is 522 g/mol. The lowest BCUT2D eigenvalue weighted by molar-refractivity contribution is -0.140. The third-order valence-corrected chi connectivity index (χ3v) is 6.95. The van der Waals surface area contributed by atoms with Gasteiger partial charge in [-0.15, -0.1) is 0 Å². The highest BCUT2D eigenvalue weighted by Crippen LogP contribution is 2.40. The van der Waals surface area contributed by atoms with Crippen LogP contribution in [0.1, 0.15) is 50.3 Å². The maximum absolute atomic E-state index is 13.3. The van der Waals surface area contributed by atoms with Crippen molar-refractivity contribution in [3.8, 4) is 11.5 Å². The van der Waals surface area contributed by atoms with Gasteiger partial charge in [0, 0.05) is 31.7 Å². The van der Waals surface area contributed by atoms with Gasteiger partial charge in [0.2, 0.25) is 0 Å². The van der Waals surface area contributed by atoms with Gasteiger partial charge in [0.15, 0.2) is 0 Å². The van der Waals surface area contributed by atoms with E-state index in [1.165, 1.54) is 0 Å². The number of unbranched alkanes of at least 4 members (excludes halogenated alkanes) is 2. The molecule has 0 saturated carbocycles. The van der Waals surface area contributed by atoms with Crippen LogP contribution in [0.2, 0.25) is 0 Å². The number of carbonyl (C=O) groups is 2. The molecule has 2 aromatic rings. The van der Waals surface area contributed by atoms with Gasteiger partial charge in [0.1, 0.15) is 17.3 Å². The van der Waals surface area contributed by atoms with Gasteiger partial charge in [-0.05, 0) is 55.3 Å². The van der Waals surface area contributed by atoms with Crippen LogP contribution in [0.4, 0.5) is 0 Å². The zero-order chi connectivity index (χ0) is 26.9. The smallest absolute Gasteiger partial charge is 0.295 e. The third kappa shape index (κ3) is 6.55. The van der Waals surface area contributed by atoms with Crippen molar-refractivity contribution >= 4 is 17.4 Å². The van der Waals surface area contributed by atoms with E-state index in [1.807, 2.05) is 31.2 Å². The number of likely N-dealkylation sites (tertiary alicyclic amines) is 1. The summed E-state index contributed by atoms with van der Waals surface area (Å²) >= 11 is 0. The summed E-state index contributed by atoms with van der Waals surface area (Å²) in [6, 6.07) is 13.7. The maximum Gasteiger partial charge on any atom is 0.295 e. The Morgan fingerprint density at radius 2 is 1.58 bits per heavy atom. The number of aliphatic hydroxyl groups is 1. The molecule has 2 aliphatic heterocycles. The summed E-state index contributed by atoms with van der Waals surface area (Å²) < 4.78 is 16.8. The summed E-state index contributed by atoms with van der Waals surface area (Å²) in [6.07, 6.45) is 3.22. The average molecular weight is 523 g/mol.